The topological polar surface area (TPSA) is 280 Å². The Kier molecular flexibility index (Phi) is 26.8. The molecule has 11 aromatic rings. The lowest BCUT2D eigenvalue weighted by Gasteiger charge is -2.51. The molecule has 0 aliphatic carbocycles. The van der Waals surface area contributed by atoms with Crippen LogP contribution in [0.1, 0.15) is 38.9 Å². The second kappa shape index (κ2) is 38.2. The summed E-state index contributed by atoms with van der Waals surface area (Å²) < 4.78 is 22.8. The molecule has 1 atom stereocenters. The number of amides is 8. The van der Waals surface area contributed by atoms with E-state index in [1.807, 2.05) is 168 Å². The average Bonchev–Trinajstić information content (AvgIpc) is 1.51. The van der Waals surface area contributed by atoms with Gasteiger partial charge < -0.3 is 34.7 Å². The van der Waals surface area contributed by atoms with Gasteiger partial charge in [0.25, 0.3) is 0 Å². The van der Waals surface area contributed by atoms with E-state index < -0.39 is 33.9 Å². The van der Waals surface area contributed by atoms with Crippen molar-refractivity contribution in [2.45, 2.75) is 69.4 Å². The van der Waals surface area contributed by atoms with Crippen LogP contribution in [-0.2, 0) is 29.5 Å². The molecule has 7 aliphatic heterocycles. The molecule has 7 aliphatic rings. The second-order valence-electron chi connectivity index (χ2n) is 30.5. The van der Waals surface area contributed by atoms with E-state index in [0.29, 0.717) is 100 Å². The van der Waals surface area contributed by atoms with Gasteiger partial charge in [-0.05, 0) is 163 Å². The third-order valence-corrected chi connectivity index (χ3v) is 22.2. The van der Waals surface area contributed by atoms with Crippen LogP contribution in [-0.4, -0.2) is 122 Å². The van der Waals surface area contributed by atoms with E-state index in [1.54, 1.807) is 136 Å². The molecular formula is C98H82BrN17O10. The summed E-state index contributed by atoms with van der Waals surface area (Å²) in [5.41, 5.74) is 10.5. The Labute approximate surface area is 737 Å². The van der Waals surface area contributed by atoms with Crippen LogP contribution in [0, 0.1) is 91.1 Å². The van der Waals surface area contributed by atoms with Gasteiger partial charge in [-0.3, -0.25) is 25.0 Å². The molecule has 8 amide bonds. The van der Waals surface area contributed by atoms with Crippen LogP contribution in [0.3, 0.4) is 0 Å². The summed E-state index contributed by atoms with van der Waals surface area (Å²) in [6.07, 6.45) is 1.42. The van der Waals surface area contributed by atoms with Crippen molar-refractivity contribution in [3.63, 3.8) is 0 Å². The minimum Gasteiger partial charge on any atom is -0.376 e. The molecule has 27 nitrogen and oxygen atoms in total. The summed E-state index contributed by atoms with van der Waals surface area (Å²) in [6.45, 7) is 49.5. The fourth-order valence-corrected chi connectivity index (χ4v) is 15.3. The Balaban J connectivity index is 0.000000138. The van der Waals surface area contributed by atoms with Gasteiger partial charge in [-0.15, -0.1) is 0 Å². The number of halogens is 1. The zero-order valence-electron chi connectivity index (χ0n) is 69.3. The Hall–Kier alpha value is -15.6. The van der Waals surface area contributed by atoms with E-state index in [2.05, 4.69) is 85.9 Å². The predicted octanol–water partition coefficient (Wildman–Crippen LogP) is 21.3. The molecule has 0 saturated carbocycles. The molecule has 28 heteroatoms. The van der Waals surface area contributed by atoms with Gasteiger partial charge in [0.1, 0.15) is 11.4 Å². The summed E-state index contributed by atoms with van der Waals surface area (Å²) in [5.74, 6) is 0.449. The third kappa shape index (κ3) is 18.2. The smallest absolute Gasteiger partial charge is 0.347 e. The summed E-state index contributed by atoms with van der Waals surface area (Å²) in [6, 6.07) is 80.2. The Morgan fingerprint density at radius 1 is 0.444 bits per heavy atom. The number of nitrogens with one attached hydrogen (secondary N) is 3. The SMILES string of the molecule is Cc1ccc(NC2(C#N)COC2)cc1.Cc1cccc(Br)c1.[C-]#[N+]c1ccc(N2C(=N)C3(COC3)N(c3ccc(C)cc3)C2=O)cc1.[C-]#[N+]c1ccc(N2C(=O)N(c3ccc(C)cc3)C3(COC3)C2(O)c2cccc(C)c2)cc1.[C-]#[N+]c1ccc(N=C=O)cc1.[C-]#[N+]c1ccc(NC(=O)N=C2N(c3ccc([N+]#[C-])cc3)C(=O)N(c3ccc(C)cc3)C23COC3)cc1. The third-order valence-electron chi connectivity index (χ3n) is 21.7. The van der Waals surface area contributed by atoms with Crippen molar-refractivity contribution in [2.75, 3.05) is 92.9 Å². The molecule has 18 rings (SSSR count). The zero-order valence-corrected chi connectivity index (χ0v) is 70.9. The number of carbonyl (C=O) groups excluding carboxylic acids is 5. The number of aryl methyl sites for hydroxylation is 6. The van der Waals surface area contributed by atoms with E-state index in [1.165, 1.54) is 31.9 Å². The highest BCUT2D eigenvalue weighted by Gasteiger charge is 2.72. The highest BCUT2D eigenvalue weighted by Crippen LogP contribution is 2.55. The summed E-state index contributed by atoms with van der Waals surface area (Å²) in [4.78, 5) is 97.5. The fourth-order valence-electron chi connectivity index (χ4n) is 14.8. The number of ether oxygens (including phenoxy) is 4. The number of rotatable bonds is 11. The van der Waals surface area contributed by atoms with Crippen molar-refractivity contribution in [1.29, 1.82) is 10.7 Å². The summed E-state index contributed by atoms with van der Waals surface area (Å²) >= 11 is 3.36. The Morgan fingerprint density at radius 3 is 1.21 bits per heavy atom. The van der Waals surface area contributed by atoms with Crippen molar-refractivity contribution in [2.24, 2.45) is 9.98 Å². The lowest BCUT2D eigenvalue weighted by atomic mass is 9.78. The van der Waals surface area contributed by atoms with Gasteiger partial charge >= 0.3 is 24.1 Å². The normalized spacial score (nSPS) is 17.2. The number of carbonyl (C=O) groups is 4. The number of nitrogens with zero attached hydrogens (tertiary/aromatic N) is 14. The highest BCUT2D eigenvalue weighted by atomic mass is 79.9. The molecule has 3 spiro atoms. The van der Waals surface area contributed by atoms with Gasteiger partial charge in [0.05, 0.1) is 97.5 Å². The van der Waals surface area contributed by atoms with Crippen molar-refractivity contribution in [1.82, 2.24) is 0 Å². The van der Waals surface area contributed by atoms with Gasteiger partial charge in [-0.25, -0.2) is 58.0 Å². The zero-order chi connectivity index (χ0) is 89.5. The number of hydrogen-bond donors (Lipinski definition) is 4. The van der Waals surface area contributed by atoms with Crippen LogP contribution in [0.25, 0.3) is 24.2 Å². The largest absolute Gasteiger partial charge is 0.376 e. The van der Waals surface area contributed by atoms with Gasteiger partial charge in [0.15, 0.2) is 50.9 Å². The van der Waals surface area contributed by atoms with E-state index in [9.17, 15) is 29.1 Å². The van der Waals surface area contributed by atoms with Crippen molar-refractivity contribution in [3.8, 4) is 6.07 Å². The highest BCUT2D eigenvalue weighted by molar-refractivity contribution is 9.10. The lowest BCUT2D eigenvalue weighted by Crippen LogP contribution is -2.70. The molecule has 0 bridgehead atoms. The van der Waals surface area contributed by atoms with Gasteiger partial charge in [-0.2, -0.15) is 15.2 Å². The first-order chi connectivity index (χ1) is 60.8. The summed E-state index contributed by atoms with van der Waals surface area (Å²) in [5, 5.41) is 35.9. The minimum atomic E-state index is -1.67. The molecule has 126 heavy (non-hydrogen) atoms. The van der Waals surface area contributed by atoms with Gasteiger partial charge in [0, 0.05) is 55.5 Å². The monoisotopic (exact) mass is 1740 g/mol. The first-order valence-electron chi connectivity index (χ1n) is 39.5. The van der Waals surface area contributed by atoms with E-state index >= 15 is 0 Å². The van der Waals surface area contributed by atoms with Crippen LogP contribution >= 0.6 is 15.9 Å². The quantitative estimate of drug-likeness (QED) is 0.0534. The summed E-state index contributed by atoms with van der Waals surface area (Å²) in [7, 11) is 0. The number of aliphatic imine (C=N–C) groups is 2. The number of aliphatic hydroxyl groups is 1. The number of benzene rings is 11. The van der Waals surface area contributed by atoms with E-state index in [4.69, 9.17) is 62.5 Å². The van der Waals surface area contributed by atoms with E-state index in [0.717, 1.165) is 38.1 Å². The van der Waals surface area contributed by atoms with Crippen LogP contribution in [0.5, 0.6) is 0 Å². The number of nitriles is 1. The van der Waals surface area contributed by atoms with Crippen LogP contribution in [0.15, 0.2) is 281 Å². The Morgan fingerprint density at radius 2 is 0.817 bits per heavy atom. The molecule has 626 valence electrons. The molecule has 1 unspecified atom stereocenters. The van der Waals surface area contributed by atoms with Crippen molar-refractivity contribution in [3.05, 3.63) is 367 Å². The number of amidine groups is 2. The fraction of sp³-hybridized carbons (Fsp3) is 0.194. The van der Waals surface area contributed by atoms with Crippen LogP contribution in [0.4, 0.5) is 98.8 Å². The lowest BCUT2D eigenvalue weighted by molar-refractivity contribution is -0.153. The Bertz CT molecular complexity index is 6240. The molecule has 0 radical (unpaired) electrons. The maximum Gasteiger partial charge on any atom is 0.347 e. The molecule has 7 heterocycles. The molecule has 7 fully saturated rings. The molecule has 0 aromatic heterocycles. The molecular weight excluding hydrogens is 1660 g/mol. The molecule has 7 saturated heterocycles. The first kappa shape index (κ1) is 88.2. The minimum absolute atomic E-state index is 0.176. The number of anilines is 8. The van der Waals surface area contributed by atoms with Crippen molar-refractivity contribution < 1.29 is 48.0 Å². The average molecular weight is 1740 g/mol. The standard InChI is InChI=1S/C27H20N6O3.C26H23N3O3.C19H16N4O2.C11H12N2O.C8H4N2O.C7H7Br/c1-18-4-12-23(13-5-18)33-26(35)32(22-14-10-20(29-3)11-15-22)24(27(33)16-36-17-27)31-25(34)30-21-8-6-19(28-2)7-9-21;1-18-7-11-22(12-8-18)28-24(30)29(23-13-9-21(27-3)10-14-23)26(31,25(28)16-32-17-25)20-6-4-5-19(2)15-20;1-13-3-7-16(8-4-13)23-18(24)22(17(20)19(23)11-25-12-19)15-9-5-14(21-2)6-10-15;1-9-2-4-10(5-3-9)13-11(6-12)7-14-8-11;1-9-7-2-4-8(5-3-7)10-6-11;1-6-3-2-4-7(8)5-6/h4-15H,16-17H2,1H3,(H,30,34);4-15,31H,16-17H2,1-2H3;3-10,20H,11-12H2,1H3;2-5,13H,7-8H2,1H3;2-5H;2-5H,1H3. The van der Waals surface area contributed by atoms with Gasteiger partial charge in [0.2, 0.25) is 11.8 Å². The second-order valence-corrected chi connectivity index (χ2v) is 31.5. The maximum atomic E-state index is 14.0. The number of urea groups is 4. The molecule has 11 aromatic carbocycles. The first-order valence-corrected chi connectivity index (χ1v) is 40.3. The van der Waals surface area contributed by atoms with Crippen molar-refractivity contribution >= 4 is 137 Å². The number of hydrogen-bond acceptors (Lipinski definition) is 14. The maximum absolute atomic E-state index is 14.0. The van der Waals surface area contributed by atoms with Crippen LogP contribution < -0.4 is 40.0 Å². The van der Waals surface area contributed by atoms with Crippen LogP contribution in [0.2, 0.25) is 0 Å². The predicted molar refractivity (Wildman–Crippen MR) is 489 cm³/mol. The molecule has 4 N–H and O–H groups in total. The number of isocyanates is 1. The van der Waals surface area contributed by atoms with Gasteiger partial charge in [-0.1, -0.05) is 195 Å². The van der Waals surface area contributed by atoms with E-state index in [-0.39, 0.29) is 56.2 Å².